The maximum absolute atomic E-state index is 11.6. The molecule has 0 atom stereocenters. The number of esters is 1. The van der Waals surface area contributed by atoms with Crippen molar-refractivity contribution in [3.63, 3.8) is 0 Å². The van der Waals surface area contributed by atoms with Crippen LogP contribution in [-0.2, 0) is 20.8 Å². The van der Waals surface area contributed by atoms with Crippen LogP contribution in [0.4, 0.5) is 5.82 Å². The second-order valence-electron chi connectivity index (χ2n) is 5.92. The van der Waals surface area contributed by atoms with E-state index in [4.69, 9.17) is 15.2 Å². The van der Waals surface area contributed by atoms with E-state index in [-0.39, 0.29) is 12.4 Å². The van der Waals surface area contributed by atoms with Gasteiger partial charge in [-0.25, -0.2) is 14.6 Å². The smallest absolute Gasteiger partial charge is 0.308 e. The van der Waals surface area contributed by atoms with Crippen molar-refractivity contribution in [2.45, 2.75) is 39.3 Å². The van der Waals surface area contributed by atoms with Crippen molar-refractivity contribution in [2.24, 2.45) is 0 Å². The van der Waals surface area contributed by atoms with Gasteiger partial charge in [-0.1, -0.05) is 0 Å². The molecule has 2 aromatic heterocycles. The van der Waals surface area contributed by atoms with E-state index in [1.165, 1.54) is 6.33 Å². The molecule has 0 unspecified atom stereocenters. The number of ether oxygens (including phenoxy) is 2. The molecule has 0 radical (unpaired) electrons. The molecule has 0 aliphatic heterocycles. The maximum Gasteiger partial charge on any atom is 0.308 e. The number of carbonyl (C=O) groups excluding carboxylic acids is 1. The largest absolute Gasteiger partial charge is 0.460 e. The zero-order valence-electron chi connectivity index (χ0n) is 13.4. The highest BCUT2D eigenvalue weighted by Gasteiger charge is 2.16. The molecule has 0 spiro atoms. The molecule has 2 N–H and O–H groups in total. The van der Waals surface area contributed by atoms with Crippen LogP contribution in [0.5, 0.6) is 0 Å². The average molecular weight is 433 g/mol. The number of carbonyl (C=O) groups is 1. The highest BCUT2D eigenvalue weighted by Crippen LogP contribution is 2.22. The van der Waals surface area contributed by atoms with Crippen LogP contribution >= 0.6 is 22.6 Å². The van der Waals surface area contributed by atoms with E-state index in [9.17, 15) is 4.79 Å². The summed E-state index contributed by atoms with van der Waals surface area (Å²) in [5.41, 5.74) is 6.05. The van der Waals surface area contributed by atoms with Crippen LogP contribution in [-0.4, -0.2) is 44.5 Å². The Morgan fingerprint density at radius 1 is 1.35 bits per heavy atom. The predicted octanol–water partition coefficient (Wildman–Crippen LogP) is 1.76. The van der Waals surface area contributed by atoms with Crippen LogP contribution in [0.15, 0.2) is 6.33 Å². The number of aromatic nitrogens is 4. The van der Waals surface area contributed by atoms with Gasteiger partial charge in [0.15, 0.2) is 5.65 Å². The van der Waals surface area contributed by atoms with E-state index in [2.05, 4.69) is 37.7 Å². The number of nitrogens with two attached hydrogens (primary N) is 1. The third-order valence-electron chi connectivity index (χ3n) is 2.83. The van der Waals surface area contributed by atoms with Crippen molar-refractivity contribution in [2.75, 3.05) is 18.9 Å². The minimum Gasteiger partial charge on any atom is -0.460 e. The zero-order valence-corrected chi connectivity index (χ0v) is 15.5. The normalized spacial score (nSPS) is 11.8. The third-order valence-corrected chi connectivity index (χ3v) is 3.59. The number of nitrogens with zero attached hydrogens (tertiary/aromatic N) is 4. The second-order valence-corrected chi connectivity index (χ2v) is 6.94. The molecular weight excluding hydrogens is 413 g/mol. The topological polar surface area (TPSA) is 105 Å². The van der Waals surface area contributed by atoms with Gasteiger partial charge >= 0.3 is 5.97 Å². The molecule has 0 aliphatic carbocycles. The van der Waals surface area contributed by atoms with Crippen molar-refractivity contribution < 1.29 is 14.3 Å². The minimum atomic E-state index is -0.471. The summed E-state index contributed by atoms with van der Waals surface area (Å²) in [4.78, 5) is 19.7. The molecule has 8 nitrogen and oxygen atoms in total. The SMILES string of the molecule is CC(C)(C)OC(=O)CCOCCn1nc(I)c2c(N)ncnc21. The number of nitrogen functional groups attached to an aromatic ring is 1. The first-order valence-corrected chi connectivity index (χ1v) is 8.28. The summed E-state index contributed by atoms with van der Waals surface area (Å²) in [5.74, 6) is 0.147. The van der Waals surface area contributed by atoms with E-state index in [1.807, 2.05) is 20.8 Å². The Bertz CT molecular complexity index is 696. The van der Waals surface area contributed by atoms with Crippen molar-refractivity contribution in [1.29, 1.82) is 0 Å². The van der Waals surface area contributed by atoms with Gasteiger partial charge in [-0.15, -0.1) is 0 Å². The molecule has 0 amide bonds. The molecule has 126 valence electrons. The van der Waals surface area contributed by atoms with Gasteiger partial charge < -0.3 is 15.2 Å². The van der Waals surface area contributed by atoms with Crippen LogP contribution in [0.25, 0.3) is 11.0 Å². The van der Waals surface area contributed by atoms with E-state index in [0.29, 0.717) is 31.2 Å². The lowest BCUT2D eigenvalue weighted by Gasteiger charge is -2.19. The summed E-state index contributed by atoms with van der Waals surface area (Å²) >= 11 is 2.10. The van der Waals surface area contributed by atoms with Gasteiger partial charge in [0, 0.05) is 0 Å². The fraction of sp³-hybridized carbons (Fsp3) is 0.571. The molecule has 0 aromatic carbocycles. The highest BCUT2D eigenvalue weighted by molar-refractivity contribution is 14.1. The number of rotatable bonds is 6. The maximum atomic E-state index is 11.6. The van der Waals surface area contributed by atoms with Crippen LogP contribution in [0, 0.1) is 3.70 Å². The first-order valence-electron chi connectivity index (χ1n) is 7.20. The quantitative estimate of drug-likeness (QED) is 0.421. The summed E-state index contributed by atoms with van der Waals surface area (Å²) in [7, 11) is 0. The summed E-state index contributed by atoms with van der Waals surface area (Å²) in [6, 6.07) is 0. The molecule has 23 heavy (non-hydrogen) atoms. The van der Waals surface area contributed by atoms with E-state index >= 15 is 0 Å². The summed E-state index contributed by atoms with van der Waals surface area (Å²) < 4.78 is 13.2. The van der Waals surface area contributed by atoms with Gasteiger partial charge in [0.05, 0.1) is 31.6 Å². The molecule has 0 saturated heterocycles. The molecule has 2 heterocycles. The summed E-state index contributed by atoms with van der Waals surface area (Å²) in [6.45, 7) is 6.75. The van der Waals surface area contributed by atoms with Gasteiger partial charge in [-0.3, -0.25) is 4.79 Å². The molecule has 0 saturated carbocycles. The Hall–Kier alpha value is -1.49. The molecule has 2 rings (SSSR count). The number of fused-ring (bicyclic) bond motifs is 1. The fourth-order valence-corrected chi connectivity index (χ4v) is 2.72. The number of hydrogen-bond acceptors (Lipinski definition) is 7. The Balaban J connectivity index is 1.82. The molecule has 9 heteroatoms. The van der Waals surface area contributed by atoms with Gasteiger partial charge in [0.25, 0.3) is 0 Å². The number of halogens is 1. The first kappa shape index (κ1) is 17.9. The Morgan fingerprint density at radius 2 is 2.09 bits per heavy atom. The molecule has 0 bridgehead atoms. The predicted molar refractivity (Wildman–Crippen MR) is 93.7 cm³/mol. The molecular formula is C14H20IN5O3. The Labute approximate surface area is 147 Å². The average Bonchev–Trinajstić information content (AvgIpc) is 2.74. The highest BCUT2D eigenvalue weighted by atomic mass is 127. The zero-order chi connectivity index (χ0) is 17.0. The lowest BCUT2D eigenvalue weighted by Crippen LogP contribution is -2.24. The number of anilines is 1. The van der Waals surface area contributed by atoms with Crippen molar-refractivity contribution in [1.82, 2.24) is 19.7 Å². The summed E-state index contributed by atoms with van der Waals surface area (Å²) in [6.07, 6.45) is 1.64. The standard InChI is InChI=1S/C14H20IN5O3/c1-14(2,3)23-9(21)4-6-22-7-5-20-13-10(11(15)19-20)12(16)17-8-18-13/h8H,4-7H2,1-3H3,(H2,16,17,18). The second kappa shape index (κ2) is 7.39. The summed E-state index contributed by atoms with van der Waals surface area (Å²) in [5, 5.41) is 5.13. The van der Waals surface area contributed by atoms with Gasteiger partial charge in [-0.05, 0) is 43.4 Å². The van der Waals surface area contributed by atoms with Crippen LogP contribution in [0.2, 0.25) is 0 Å². The monoisotopic (exact) mass is 433 g/mol. The fourth-order valence-electron chi connectivity index (χ4n) is 1.94. The number of hydrogen-bond donors (Lipinski definition) is 1. The van der Waals surface area contributed by atoms with E-state index in [1.54, 1.807) is 4.68 Å². The first-order chi connectivity index (χ1) is 10.8. The van der Waals surface area contributed by atoms with Crippen molar-refractivity contribution in [3.8, 4) is 0 Å². The Morgan fingerprint density at radius 3 is 2.78 bits per heavy atom. The lowest BCUT2D eigenvalue weighted by atomic mass is 10.2. The van der Waals surface area contributed by atoms with Crippen LogP contribution in [0.3, 0.4) is 0 Å². The molecule has 0 aliphatic rings. The van der Waals surface area contributed by atoms with Gasteiger partial charge in [0.2, 0.25) is 0 Å². The van der Waals surface area contributed by atoms with Gasteiger partial charge in [-0.2, -0.15) is 5.10 Å². The van der Waals surface area contributed by atoms with Crippen molar-refractivity contribution >= 4 is 45.4 Å². The molecule has 0 fully saturated rings. The van der Waals surface area contributed by atoms with Gasteiger partial charge in [0.1, 0.15) is 21.4 Å². The molecule has 2 aromatic rings. The van der Waals surface area contributed by atoms with Crippen LogP contribution < -0.4 is 5.73 Å². The van der Waals surface area contributed by atoms with Crippen LogP contribution in [0.1, 0.15) is 27.2 Å². The van der Waals surface area contributed by atoms with E-state index < -0.39 is 5.60 Å². The third kappa shape index (κ3) is 4.99. The van der Waals surface area contributed by atoms with Crippen molar-refractivity contribution in [3.05, 3.63) is 10.0 Å². The Kier molecular flexibility index (Phi) is 5.74. The van der Waals surface area contributed by atoms with E-state index in [0.717, 1.165) is 9.09 Å². The minimum absolute atomic E-state index is 0.226. The lowest BCUT2D eigenvalue weighted by molar-refractivity contribution is -0.156.